The minimum atomic E-state index is -4.03. The fourth-order valence-electron chi connectivity index (χ4n) is 2.89. The monoisotopic (exact) mass is 424 g/mol. The maximum atomic E-state index is 12.7. The first kappa shape index (κ1) is 22.1. The summed E-state index contributed by atoms with van der Waals surface area (Å²) in [5.41, 5.74) is 3.49. The van der Waals surface area contributed by atoms with Crippen LogP contribution >= 0.6 is 0 Å². The Morgan fingerprint density at radius 1 is 0.964 bits per heavy atom. The van der Waals surface area contributed by atoms with E-state index in [-0.39, 0.29) is 9.79 Å². The van der Waals surface area contributed by atoms with E-state index in [4.69, 9.17) is 0 Å². The number of aryl methyl sites for hydroxylation is 3. The van der Waals surface area contributed by atoms with Gasteiger partial charge in [-0.3, -0.25) is 4.79 Å². The number of carbonyl (C=O) groups is 1. The van der Waals surface area contributed by atoms with Gasteiger partial charge in [-0.1, -0.05) is 23.8 Å². The van der Waals surface area contributed by atoms with E-state index in [0.29, 0.717) is 5.69 Å². The quantitative estimate of drug-likeness (QED) is 0.767. The van der Waals surface area contributed by atoms with Crippen molar-refractivity contribution >= 4 is 31.5 Å². The highest BCUT2D eigenvalue weighted by molar-refractivity contribution is 7.91. The predicted octanol–water partition coefficient (Wildman–Crippen LogP) is 2.27. The molecule has 0 saturated heterocycles. The van der Waals surface area contributed by atoms with Gasteiger partial charge in [0, 0.05) is 19.0 Å². The molecule has 0 saturated carbocycles. The van der Waals surface area contributed by atoms with Crippen LogP contribution in [0.1, 0.15) is 16.7 Å². The summed E-state index contributed by atoms with van der Waals surface area (Å²) in [6.07, 6.45) is 1.00. The number of hydrogen-bond acceptors (Lipinski definition) is 5. The Bertz CT molecular complexity index is 1100. The molecule has 2 aromatic rings. The summed E-state index contributed by atoms with van der Waals surface area (Å²) in [7, 11) is -6.30. The number of amides is 1. The summed E-state index contributed by atoms with van der Waals surface area (Å²) >= 11 is 0. The number of benzene rings is 2. The van der Waals surface area contributed by atoms with Crippen LogP contribution < -0.4 is 5.32 Å². The number of carbonyl (C=O) groups excluding carboxylic acids is 1. The number of rotatable bonds is 6. The second-order valence-corrected chi connectivity index (χ2v) is 10.9. The first-order valence-corrected chi connectivity index (χ1v) is 11.8. The number of hydrogen-bond donors (Lipinski definition) is 1. The van der Waals surface area contributed by atoms with Gasteiger partial charge in [-0.15, -0.1) is 0 Å². The molecule has 1 N–H and O–H groups in total. The fraction of sp³-hybridized carbons (Fsp3) is 0.316. The Balaban J connectivity index is 2.22. The van der Waals surface area contributed by atoms with Crippen LogP contribution in [0.15, 0.2) is 46.2 Å². The van der Waals surface area contributed by atoms with Crippen molar-refractivity contribution in [3.05, 3.63) is 53.1 Å². The van der Waals surface area contributed by atoms with Gasteiger partial charge in [-0.2, -0.15) is 4.31 Å². The van der Waals surface area contributed by atoms with Crippen molar-refractivity contribution in [1.82, 2.24) is 4.31 Å². The van der Waals surface area contributed by atoms with E-state index in [1.807, 2.05) is 32.9 Å². The molecule has 9 heteroatoms. The predicted molar refractivity (Wildman–Crippen MR) is 109 cm³/mol. The summed E-state index contributed by atoms with van der Waals surface area (Å²) in [6.45, 7) is 5.29. The first-order chi connectivity index (χ1) is 12.8. The van der Waals surface area contributed by atoms with Crippen LogP contribution in [-0.4, -0.2) is 46.9 Å². The lowest BCUT2D eigenvalue weighted by Gasteiger charge is -2.18. The second kappa shape index (κ2) is 8.02. The van der Waals surface area contributed by atoms with Crippen molar-refractivity contribution in [1.29, 1.82) is 0 Å². The molecule has 2 aromatic carbocycles. The minimum Gasteiger partial charge on any atom is -0.324 e. The summed E-state index contributed by atoms with van der Waals surface area (Å²) in [6, 6.07) is 8.93. The van der Waals surface area contributed by atoms with E-state index in [9.17, 15) is 21.6 Å². The third-order valence-electron chi connectivity index (χ3n) is 4.25. The number of sulfonamides is 1. The number of sulfone groups is 1. The molecule has 7 nitrogen and oxygen atoms in total. The van der Waals surface area contributed by atoms with Gasteiger partial charge in [-0.25, -0.2) is 16.8 Å². The number of anilines is 1. The molecule has 0 atom stereocenters. The maximum Gasteiger partial charge on any atom is 0.243 e. The third-order valence-corrected chi connectivity index (χ3v) is 7.16. The second-order valence-electron chi connectivity index (χ2n) is 6.83. The summed E-state index contributed by atoms with van der Waals surface area (Å²) in [4.78, 5) is 12.1. The molecule has 152 valence electrons. The lowest BCUT2D eigenvalue weighted by atomic mass is 10.1. The Labute approximate surface area is 166 Å². The highest BCUT2D eigenvalue weighted by Gasteiger charge is 2.24. The third kappa shape index (κ3) is 4.98. The van der Waals surface area contributed by atoms with E-state index in [0.717, 1.165) is 33.3 Å². The minimum absolute atomic E-state index is 0.0997. The molecule has 0 aliphatic rings. The topological polar surface area (TPSA) is 101 Å². The molecule has 2 rings (SSSR count). The smallest absolute Gasteiger partial charge is 0.243 e. The van der Waals surface area contributed by atoms with Gasteiger partial charge < -0.3 is 5.32 Å². The fourth-order valence-corrected chi connectivity index (χ4v) is 4.80. The molecule has 0 aliphatic carbocycles. The Morgan fingerprint density at radius 3 is 2.04 bits per heavy atom. The SMILES string of the molecule is Cc1cc(C)c(NC(=O)CN(C)S(=O)(=O)c2cccc(S(C)(=O)=O)c2)c(C)c1. The molecule has 0 spiro atoms. The van der Waals surface area contributed by atoms with Crippen molar-refractivity contribution in [3.8, 4) is 0 Å². The van der Waals surface area contributed by atoms with Crippen LogP contribution in [0.3, 0.4) is 0 Å². The van der Waals surface area contributed by atoms with E-state index in [1.165, 1.54) is 25.2 Å². The van der Waals surface area contributed by atoms with E-state index < -0.39 is 32.3 Å². The van der Waals surface area contributed by atoms with Crippen molar-refractivity contribution in [2.24, 2.45) is 0 Å². The van der Waals surface area contributed by atoms with Gasteiger partial charge >= 0.3 is 0 Å². The molecule has 0 aromatic heterocycles. The molecule has 0 unspecified atom stereocenters. The van der Waals surface area contributed by atoms with Gasteiger partial charge in [0.15, 0.2) is 9.84 Å². The molecule has 0 heterocycles. The average molecular weight is 425 g/mol. The van der Waals surface area contributed by atoms with E-state index in [1.54, 1.807) is 0 Å². The normalized spacial score (nSPS) is 12.2. The summed E-state index contributed by atoms with van der Waals surface area (Å²) in [5, 5.41) is 2.75. The van der Waals surface area contributed by atoms with Crippen LogP contribution in [0.2, 0.25) is 0 Å². The van der Waals surface area contributed by atoms with Crippen LogP contribution in [0.4, 0.5) is 5.69 Å². The van der Waals surface area contributed by atoms with Gasteiger partial charge in [0.2, 0.25) is 15.9 Å². The van der Waals surface area contributed by atoms with Crippen molar-refractivity contribution in [2.75, 3.05) is 25.2 Å². The lowest BCUT2D eigenvalue weighted by molar-refractivity contribution is -0.116. The zero-order valence-corrected chi connectivity index (χ0v) is 18.1. The molecule has 0 aliphatic heterocycles. The molecule has 28 heavy (non-hydrogen) atoms. The maximum absolute atomic E-state index is 12.7. The van der Waals surface area contributed by atoms with E-state index >= 15 is 0 Å². The van der Waals surface area contributed by atoms with Gasteiger partial charge in [-0.05, 0) is 50.1 Å². The van der Waals surface area contributed by atoms with Crippen LogP contribution in [0, 0.1) is 20.8 Å². The van der Waals surface area contributed by atoms with Crippen molar-refractivity contribution < 1.29 is 21.6 Å². The standard InChI is InChI=1S/C19H24N2O5S2/c1-13-9-14(2)19(15(3)10-13)20-18(22)12-21(4)28(25,26)17-8-6-7-16(11-17)27(5,23)24/h6-11H,12H2,1-5H3,(H,20,22). The molecule has 0 fully saturated rings. The first-order valence-electron chi connectivity index (χ1n) is 8.46. The Kier molecular flexibility index (Phi) is 6.32. The van der Waals surface area contributed by atoms with Crippen molar-refractivity contribution in [2.45, 2.75) is 30.6 Å². The Morgan fingerprint density at radius 2 is 1.50 bits per heavy atom. The Hall–Kier alpha value is -2.23. The zero-order valence-electron chi connectivity index (χ0n) is 16.5. The lowest BCUT2D eigenvalue weighted by Crippen LogP contribution is -2.35. The average Bonchev–Trinajstić information content (AvgIpc) is 2.57. The molecular formula is C19H24N2O5S2. The van der Waals surface area contributed by atoms with Gasteiger partial charge in [0.25, 0.3) is 0 Å². The number of likely N-dealkylation sites (N-methyl/N-ethyl adjacent to an activating group) is 1. The molecular weight excluding hydrogens is 400 g/mol. The van der Waals surface area contributed by atoms with Gasteiger partial charge in [0.1, 0.15) is 0 Å². The highest BCUT2D eigenvalue weighted by Crippen LogP contribution is 2.22. The zero-order chi connectivity index (χ0) is 21.3. The molecule has 0 bridgehead atoms. The van der Waals surface area contributed by atoms with Crippen molar-refractivity contribution in [3.63, 3.8) is 0 Å². The van der Waals surface area contributed by atoms with Crippen LogP contribution in [0.25, 0.3) is 0 Å². The van der Waals surface area contributed by atoms with Gasteiger partial charge in [0.05, 0.1) is 16.3 Å². The summed E-state index contributed by atoms with van der Waals surface area (Å²) in [5.74, 6) is -0.486. The molecule has 1 amide bonds. The number of nitrogens with one attached hydrogen (secondary N) is 1. The van der Waals surface area contributed by atoms with Crippen LogP contribution in [-0.2, 0) is 24.7 Å². The van der Waals surface area contributed by atoms with E-state index in [2.05, 4.69) is 5.32 Å². The molecule has 0 radical (unpaired) electrons. The number of nitrogens with zero attached hydrogens (tertiary/aromatic N) is 1. The van der Waals surface area contributed by atoms with Crippen LogP contribution in [0.5, 0.6) is 0 Å². The summed E-state index contributed by atoms with van der Waals surface area (Å²) < 4.78 is 49.7. The highest BCUT2D eigenvalue weighted by atomic mass is 32.2. The largest absolute Gasteiger partial charge is 0.324 e.